The molecule has 150 valence electrons. The number of amides is 3. The number of nitrogens with one attached hydrogen (secondary N) is 2. The van der Waals surface area contributed by atoms with Crippen LogP contribution in [0.2, 0.25) is 0 Å². The fourth-order valence-electron chi connectivity index (χ4n) is 2.52. The normalized spacial score (nSPS) is 10.9. The standard InChI is InChI=1S/C21H26FN3O3/c1-21(2,3)24-20(27)23-13-14-25(17-9-7-16(22)8-10-17)19(26)15-5-11-18(28-4)12-6-15/h5-12H,13-14H2,1-4H3,(H2,23,24,27). The van der Waals surface area contributed by atoms with E-state index < -0.39 is 0 Å². The molecule has 6 nitrogen and oxygen atoms in total. The fourth-order valence-corrected chi connectivity index (χ4v) is 2.52. The molecule has 2 aromatic carbocycles. The molecule has 0 spiro atoms. The van der Waals surface area contributed by atoms with Crippen molar-refractivity contribution in [2.75, 3.05) is 25.1 Å². The van der Waals surface area contributed by atoms with Gasteiger partial charge >= 0.3 is 6.03 Å². The van der Waals surface area contributed by atoms with E-state index in [4.69, 9.17) is 4.74 Å². The zero-order valence-electron chi connectivity index (χ0n) is 16.6. The number of hydrogen-bond acceptors (Lipinski definition) is 3. The number of urea groups is 1. The largest absolute Gasteiger partial charge is 0.497 e. The number of benzene rings is 2. The number of rotatable bonds is 6. The first-order valence-electron chi connectivity index (χ1n) is 8.97. The van der Waals surface area contributed by atoms with Crippen molar-refractivity contribution in [3.8, 4) is 5.75 Å². The summed E-state index contributed by atoms with van der Waals surface area (Å²) < 4.78 is 18.4. The summed E-state index contributed by atoms with van der Waals surface area (Å²) >= 11 is 0. The third kappa shape index (κ3) is 6.26. The van der Waals surface area contributed by atoms with Crippen LogP contribution in [0.1, 0.15) is 31.1 Å². The second-order valence-electron chi connectivity index (χ2n) is 7.29. The van der Waals surface area contributed by atoms with Crippen molar-refractivity contribution in [3.63, 3.8) is 0 Å². The highest BCUT2D eigenvalue weighted by atomic mass is 19.1. The maximum atomic E-state index is 13.3. The Bertz CT molecular complexity index is 799. The summed E-state index contributed by atoms with van der Waals surface area (Å²) in [5.41, 5.74) is 0.643. The van der Waals surface area contributed by atoms with Crippen molar-refractivity contribution < 1.29 is 18.7 Å². The van der Waals surface area contributed by atoms with Crippen molar-refractivity contribution in [2.24, 2.45) is 0 Å². The number of anilines is 1. The number of halogens is 1. The van der Waals surface area contributed by atoms with E-state index in [1.54, 1.807) is 31.4 Å². The van der Waals surface area contributed by atoms with Gasteiger partial charge in [-0.3, -0.25) is 4.79 Å². The Morgan fingerprint density at radius 3 is 2.18 bits per heavy atom. The lowest BCUT2D eigenvalue weighted by Crippen LogP contribution is -2.48. The van der Waals surface area contributed by atoms with Crippen LogP contribution < -0.4 is 20.3 Å². The molecule has 0 bridgehead atoms. The first-order chi connectivity index (χ1) is 13.2. The zero-order chi connectivity index (χ0) is 20.7. The van der Waals surface area contributed by atoms with Crippen molar-refractivity contribution >= 4 is 17.6 Å². The van der Waals surface area contributed by atoms with Gasteiger partial charge in [-0.25, -0.2) is 9.18 Å². The molecule has 0 saturated heterocycles. The van der Waals surface area contributed by atoms with E-state index >= 15 is 0 Å². The molecule has 0 radical (unpaired) electrons. The molecule has 0 unspecified atom stereocenters. The van der Waals surface area contributed by atoms with Gasteiger partial charge < -0.3 is 20.3 Å². The second kappa shape index (κ2) is 9.21. The predicted octanol–water partition coefficient (Wildman–Crippen LogP) is 3.58. The van der Waals surface area contributed by atoms with Crippen molar-refractivity contribution in [1.29, 1.82) is 0 Å². The van der Waals surface area contributed by atoms with E-state index in [0.29, 0.717) is 17.0 Å². The lowest BCUT2D eigenvalue weighted by atomic mass is 10.1. The van der Waals surface area contributed by atoms with Gasteiger partial charge in [0.15, 0.2) is 0 Å². The van der Waals surface area contributed by atoms with E-state index in [-0.39, 0.29) is 36.4 Å². The van der Waals surface area contributed by atoms with E-state index in [1.165, 1.54) is 29.2 Å². The minimum Gasteiger partial charge on any atom is -0.497 e. The van der Waals surface area contributed by atoms with E-state index in [9.17, 15) is 14.0 Å². The fraction of sp³-hybridized carbons (Fsp3) is 0.333. The average Bonchev–Trinajstić information content (AvgIpc) is 2.64. The Balaban J connectivity index is 2.13. The summed E-state index contributed by atoms with van der Waals surface area (Å²) in [6.07, 6.45) is 0. The molecule has 3 amide bonds. The maximum absolute atomic E-state index is 13.3. The summed E-state index contributed by atoms with van der Waals surface area (Å²) in [5.74, 6) is 0.000896. The Morgan fingerprint density at radius 2 is 1.64 bits per heavy atom. The average molecular weight is 387 g/mol. The molecule has 2 aromatic rings. The number of nitrogens with zero attached hydrogens (tertiary/aromatic N) is 1. The first kappa shape index (κ1) is 21.2. The molecule has 0 aliphatic rings. The van der Waals surface area contributed by atoms with Gasteiger partial charge in [0, 0.05) is 29.9 Å². The van der Waals surface area contributed by atoms with Crippen LogP contribution in [0.5, 0.6) is 5.75 Å². The van der Waals surface area contributed by atoms with Crippen LogP contribution in [0.3, 0.4) is 0 Å². The topological polar surface area (TPSA) is 70.7 Å². The number of hydrogen-bond donors (Lipinski definition) is 2. The van der Waals surface area contributed by atoms with Gasteiger partial charge in [-0.15, -0.1) is 0 Å². The number of carbonyl (C=O) groups excluding carboxylic acids is 2. The summed E-state index contributed by atoms with van der Waals surface area (Å²) in [7, 11) is 1.55. The molecule has 2 N–H and O–H groups in total. The third-order valence-electron chi connectivity index (χ3n) is 3.83. The third-order valence-corrected chi connectivity index (χ3v) is 3.83. The maximum Gasteiger partial charge on any atom is 0.315 e. The molecule has 0 aliphatic heterocycles. The Morgan fingerprint density at radius 1 is 1.04 bits per heavy atom. The smallest absolute Gasteiger partial charge is 0.315 e. The van der Waals surface area contributed by atoms with Gasteiger partial charge in [-0.05, 0) is 69.3 Å². The van der Waals surface area contributed by atoms with Crippen LogP contribution in [0.15, 0.2) is 48.5 Å². The monoisotopic (exact) mass is 387 g/mol. The molecule has 0 saturated carbocycles. The molecule has 28 heavy (non-hydrogen) atoms. The molecule has 2 rings (SSSR count). The van der Waals surface area contributed by atoms with E-state index in [0.717, 1.165) is 0 Å². The van der Waals surface area contributed by atoms with E-state index in [1.807, 2.05) is 20.8 Å². The second-order valence-corrected chi connectivity index (χ2v) is 7.29. The Labute approximate surface area is 164 Å². The van der Waals surface area contributed by atoms with Gasteiger partial charge in [0.05, 0.1) is 7.11 Å². The van der Waals surface area contributed by atoms with Crippen LogP contribution in [0.4, 0.5) is 14.9 Å². The van der Waals surface area contributed by atoms with Crippen LogP contribution in [-0.2, 0) is 0 Å². The lowest BCUT2D eigenvalue weighted by molar-refractivity contribution is 0.0987. The van der Waals surface area contributed by atoms with Gasteiger partial charge in [0.25, 0.3) is 5.91 Å². The van der Waals surface area contributed by atoms with Gasteiger partial charge in [-0.2, -0.15) is 0 Å². The van der Waals surface area contributed by atoms with Crippen LogP contribution in [0.25, 0.3) is 0 Å². The Kier molecular flexibility index (Phi) is 6.98. The summed E-state index contributed by atoms with van der Waals surface area (Å²) in [6.45, 7) is 6.11. The molecule has 0 heterocycles. The molecule has 0 aliphatic carbocycles. The Hall–Kier alpha value is -3.09. The molecule has 0 atom stereocenters. The minimum absolute atomic E-state index is 0.230. The summed E-state index contributed by atoms with van der Waals surface area (Å²) in [6, 6.07) is 12.1. The first-order valence-corrected chi connectivity index (χ1v) is 8.97. The highest BCUT2D eigenvalue weighted by Gasteiger charge is 2.19. The molecule has 0 aromatic heterocycles. The summed E-state index contributed by atoms with van der Waals surface area (Å²) in [4.78, 5) is 26.4. The lowest BCUT2D eigenvalue weighted by Gasteiger charge is -2.25. The number of methoxy groups -OCH3 is 1. The van der Waals surface area contributed by atoms with Crippen LogP contribution in [-0.4, -0.2) is 37.7 Å². The zero-order valence-corrected chi connectivity index (χ0v) is 16.6. The predicted molar refractivity (Wildman–Crippen MR) is 107 cm³/mol. The molecule has 0 fully saturated rings. The SMILES string of the molecule is COc1ccc(C(=O)N(CCNC(=O)NC(C)(C)C)c2ccc(F)cc2)cc1. The molecular weight excluding hydrogens is 361 g/mol. The van der Waals surface area contributed by atoms with Gasteiger partial charge in [-0.1, -0.05) is 0 Å². The molecular formula is C21H26FN3O3. The quantitative estimate of drug-likeness (QED) is 0.796. The molecule has 7 heteroatoms. The number of ether oxygens (including phenoxy) is 1. The highest BCUT2D eigenvalue weighted by molar-refractivity contribution is 6.06. The summed E-state index contributed by atoms with van der Waals surface area (Å²) in [5, 5.41) is 5.53. The highest BCUT2D eigenvalue weighted by Crippen LogP contribution is 2.19. The van der Waals surface area contributed by atoms with Crippen LogP contribution >= 0.6 is 0 Å². The minimum atomic E-state index is -0.386. The van der Waals surface area contributed by atoms with Crippen LogP contribution in [0, 0.1) is 5.82 Å². The van der Waals surface area contributed by atoms with Gasteiger partial charge in [0.1, 0.15) is 11.6 Å². The van der Waals surface area contributed by atoms with Crippen molar-refractivity contribution in [3.05, 3.63) is 59.9 Å². The van der Waals surface area contributed by atoms with Gasteiger partial charge in [0.2, 0.25) is 0 Å². The number of carbonyl (C=O) groups is 2. The van der Waals surface area contributed by atoms with Crippen molar-refractivity contribution in [1.82, 2.24) is 10.6 Å². The van der Waals surface area contributed by atoms with E-state index in [2.05, 4.69) is 10.6 Å². The van der Waals surface area contributed by atoms with Crippen molar-refractivity contribution in [2.45, 2.75) is 26.3 Å².